The SMILES string of the molecule is Nc1ccccc1C=CCC(C(=O)O)N1C(=O)c2ccccc2C1=O. The molecule has 6 nitrogen and oxygen atoms in total. The summed E-state index contributed by atoms with van der Waals surface area (Å²) in [5.74, 6) is -2.40. The first-order chi connectivity index (χ1) is 12.0. The van der Waals surface area contributed by atoms with Gasteiger partial charge in [0.2, 0.25) is 0 Å². The van der Waals surface area contributed by atoms with Crippen molar-refractivity contribution in [1.82, 2.24) is 4.90 Å². The van der Waals surface area contributed by atoms with Crippen LogP contribution in [0, 0.1) is 0 Å². The topological polar surface area (TPSA) is 101 Å². The summed E-state index contributed by atoms with van der Waals surface area (Å²) < 4.78 is 0. The molecule has 1 aliphatic heterocycles. The first kappa shape index (κ1) is 16.4. The highest BCUT2D eigenvalue weighted by atomic mass is 16.4. The van der Waals surface area contributed by atoms with Crippen LogP contribution in [0.3, 0.4) is 0 Å². The molecule has 0 saturated carbocycles. The highest BCUT2D eigenvalue weighted by molar-refractivity contribution is 6.22. The summed E-state index contributed by atoms with van der Waals surface area (Å²) in [7, 11) is 0. The van der Waals surface area contributed by atoms with E-state index in [1.54, 1.807) is 42.5 Å². The lowest BCUT2D eigenvalue weighted by molar-refractivity contribution is -0.141. The van der Waals surface area contributed by atoms with Crippen molar-refractivity contribution >= 4 is 29.5 Å². The minimum absolute atomic E-state index is 0.00483. The van der Waals surface area contributed by atoms with Gasteiger partial charge in [0.1, 0.15) is 6.04 Å². The molecule has 3 rings (SSSR count). The molecule has 0 spiro atoms. The molecule has 0 fully saturated rings. The van der Waals surface area contributed by atoms with Gasteiger partial charge in [0.15, 0.2) is 0 Å². The molecular weight excluding hydrogens is 320 g/mol. The summed E-state index contributed by atoms with van der Waals surface area (Å²) in [6, 6.07) is 12.2. The van der Waals surface area contributed by atoms with E-state index >= 15 is 0 Å². The van der Waals surface area contributed by atoms with Gasteiger partial charge < -0.3 is 10.8 Å². The van der Waals surface area contributed by atoms with Gasteiger partial charge in [-0.3, -0.25) is 14.5 Å². The van der Waals surface area contributed by atoms with Crippen LogP contribution in [-0.4, -0.2) is 33.8 Å². The summed E-state index contributed by atoms with van der Waals surface area (Å²) in [6.07, 6.45) is 3.28. The second-order valence-corrected chi connectivity index (χ2v) is 5.65. The van der Waals surface area contributed by atoms with Crippen molar-refractivity contribution in [2.24, 2.45) is 0 Å². The van der Waals surface area contributed by atoms with Crippen molar-refractivity contribution < 1.29 is 19.5 Å². The van der Waals surface area contributed by atoms with E-state index in [4.69, 9.17) is 5.73 Å². The molecule has 2 aromatic carbocycles. The van der Waals surface area contributed by atoms with Crippen LogP contribution >= 0.6 is 0 Å². The number of nitrogens with two attached hydrogens (primary N) is 1. The fourth-order valence-electron chi connectivity index (χ4n) is 2.79. The average molecular weight is 336 g/mol. The molecule has 0 aliphatic carbocycles. The highest BCUT2D eigenvalue weighted by Gasteiger charge is 2.42. The number of carbonyl (C=O) groups excluding carboxylic acids is 2. The van der Waals surface area contributed by atoms with Gasteiger partial charge in [0.05, 0.1) is 11.1 Å². The van der Waals surface area contributed by atoms with Gasteiger partial charge >= 0.3 is 5.97 Å². The van der Waals surface area contributed by atoms with E-state index in [0.29, 0.717) is 5.69 Å². The number of imide groups is 1. The molecule has 1 atom stereocenters. The Morgan fingerprint density at radius 1 is 1.04 bits per heavy atom. The van der Waals surface area contributed by atoms with Gasteiger partial charge in [-0.2, -0.15) is 0 Å². The van der Waals surface area contributed by atoms with Crippen molar-refractivity contribution in [3.8, 4) is 0 Å². The maximum atomic E-state index is 12.4. The summed E-state index contributed by atoms with van der Waals surface area (Å²) in [4.78, 5) is 37.3. The predicted molar refractivity (Wildman–Crippen MR) is 92.9 cm³/mol. The molecule has 25 heavy (non-hydrogen) atoms. The molecule has 1 unspecified atom stereocenters. The minimum Gasteiger partial charge on any atom is -0.480 e. The normalized spacial score (nSPS) is 14.8. The summed E-state index contributed by atoms with van der Waals surface area (Å²) >= 11 is 0. The molecule has 6 heteroatoms. The minimum atomic E-state index is -1.27. The van der Waals surface area contributed by atoms with E-state index in [-0.39, 0.29) is 17.5 Å². The van der Waals surface area contributed by atoms with Crippen LogP contribution in [0.25, 0.3) is 6.08 Å². The fourth-order valence-corrected chi connectivity index (χ4v) is 2.79. The Bertz CT molecular complexity index is 853. The average Bonchev–Trinajstić information content (AvgIpc) is 2.85. The molecule has 0 radical (unpaired) electrons. The second-order valence-electron chi connectivity index (χ2n) is 5.65. The van der Waals surface area contributed by atoms with Crippen LogP contribution < -0.4 is 5.73 Å². The molecule has 0 bridgehead atoms. The number of rotatable bonds is 5. The lowest BCUT2D eigenvalue weighted by Gasteiger charge is -2.21. The Morgan fingerprint density at radius 3 is 2.16 bits per heavy atom. The van der Waals surface area contributed by atoms with Crippen LogP contribution in [0.1, 0.15) is 32.7 Å². The van der Waals surface area contributed by atoms with Crippen molar-refractivity contribution in [3.05, 3.63) is 71.3 Å². The molecule has 1 heterocycles. The van der Waals surface area contributed by atoms with Crippen LogP contribution in [0.5, 0.6) is 0 Å². The summed E-state index contributed by atoms with van der Waals surface area (Å²) in [6.45, 7) is 0. The predicted octanol–water partition coefficient (Wildman–Crippen LogP) is 2.42. The Morgan fingerprint density at radius 2 is 1.60 bits per heavy atom. The molecule has 2 amide bonds. The zero-order valence-electron chi connectivity index (χ0n) is 13.3. The lowest BCUT2D eigenvalue weighted by atomic mass is 10.1. The summed E-state index contributed by atoms with van der Waals surface area (Å²) in [5.41, 5.74) is 7.60. The molecule has 2 aromatic rings. The van der Waals surface area contributed by atoms with Crippen molar-refractivity contribution in [2.45, 2.75) is 12.5 Å². The van der Waals surface area contributed by atoms with E-state index in [1.807, 2.05) is 6.07 Å². The third-order valence-electron chi connectivity index (χ3n) is 4.07. The Kier molecular flexibility index (Phi) is 4.35. The Balaban J connectivity index is 1.83. The molecular formula is C19H16N2O4. The van der Waals surface area contributed by atoms with Gasteiger partial charge in [-0.1, -0.05) is 42.5 Å². The van der Waals surface area contributed by atoms with Crippen LogP contribution in [0.4, 0.5) is 5.69 Å². The van der Waals surface area contributed by atoms with Crippen molar-refractivity contribution in [1.29, 1.82) is 0 Å². The zero-order chi connectivity index (χ0) is 18.0. The lowest BCUT2D eigenvalue weighted by Crippen LogP contribution is -2.44. The highest BCUT2D eigenvalue weighted by Crippen LogP contribution is 2.26. The first-order valence-electron chi connectivity index (χ1n) is 7.71. The van der Waals surface area contributed by atoms with E-state index in [2.05, 4.69) is 0 Å². The fraction of sp³-hybridized carbons (Fsp3) is 0.105. The van der Waals surface area contributed by atoms with Gasteiger partial charge in [0, 0.05) is 5.69 Å². The first-order valence-corrected chi connectivity index (χ1v) is 7.71. The number of benzene rings is 2. The maximum absolute atomic E-state index is 12.4. The number of para-hydroxylation sites is 1. The third-order valence-corrected chi connectivity index (χ3v) is 4.07. The Labute approximate surface area is 144 Å². The molecule has 0 aromatic heterocycles. The standard InChI is InChI=1S/C19H16N2O4/c20-15-10-4-1-6-12(15)7-5-11-16(19(24)25)21-17(22)13-8-2-3-9-14(13)18(21)23/h1-10,16H,11,20H2,(H,24,25). The number of carbonyl (C=O) groups is 3. The summed E-state index contributed by atoms with van der Waals surface area (Å²) in [5, 5.41) is 9.50. The van der Waals surface area contributed by atoms with E-state index in [0.717, 1.165) is 10.5 Å². The van der Waals surface area contributed by atoms with E-state index in [1.165, 1.54) is 12.1 Å². The zero-order valence-corrected chi connectivity index (χ0v) is 13.3. The number of aliphatic carboxylic acids is 1. The molecule has 3 N–H and O–H groups in total. The number of nitrogens with zero attached hydrogens (tertiary/aromatic N) is 1. The van der Waals surface area contributed by atoms with Crippen molar-refractivity contribution in [3.63, 3.8) is 0 Å². The van der Waals surface area contributed by atoms with E-state index < -0.39 is 23.8 Å². The van der Waals surface area contributed by atoms with Crippen LogP contribution in [0.2, 0.25) is 0 Å². The number of fused-ring (bicyclic) bond motifs is 1. The number of nitrogen functional groups attached to an aromatic ring is 1. The number of anilines is 1. The van der Waals surface area contributed by atoms with Gasteiger partial charge in [-0.05, 0) is 30.2 Å². The van der Waals surface area contributed by atoms with Crippen molar-refractivity contribution in [2.75, 3.05) is 5.73 Å². The number of amides is 2. The Hall–Kier alpha value is -3.41. The molecule has 0 saturated heterocycles. The number of carboxylic acids is 1. The van der Waals surface area contributed by atoms with E-state index in [9.17, 15) is 19.5 Å². The smallest absolute Gasteiger partial charge is 0.327 e. The second kappa shape index (κ2) is 6.60. The number of hydrogen-bond acceptors (Lipinski definition) is 4. The third kappa shape index (κ3) is 3.01. The monoisotopic (exact) mass is 336 g/mol. The largest absolute Gasteiger partial charge is 0.480 e. The van der Waals surface area contributed by atoms with Crippen LogP contribution in [-0.2, 0) is 4.79 Å². The molecule has 1 aliphatic rings. The quantitative estimate of drug-likeness (QED) is 0.645. The van der Waals surface area contributed by atoms with Gasteiger partial charge in [-0.25, -0.2) is 4.79 Å². The van der Waals surface area contributed by atoms with Gasteiger partial charge in [-0.15, -0.1) is 0 Å². The number of hydrogen-bond donors (Lipinski definition) is 2. The molecule has 126 valence electrons. The van der Waals surface area contributed by atoms with Gasteiger partial charge in [0.25, 0.3) is 11.8 Å². The maximum Gasteiger partial charge on any atom is 0.327 e. The van der Waals surface area contributed by atoms with Crippen LogP contribution in [0.15, 0.2) is 54.6 Å². The number of carboxylic acid groups (broad SMARTS) is 1.